The van der Waals surface area contributed by atoms with Gasteiger partial charge in [-0.15, -0.1) is 0 Å². The van der Waals surface area contributed by atoms with Crippen molar-refractivity contribution in [3.63, 3.8) is 0 Å². The molecule has 0 bridgehead atoms. The molecule has 0 aliphatic carbocycles. The maximum absolute atomic E-state index is 13.5. The fourth-order valence-electron chi connectivity index (χ4n) is 3.16. The van der Waals surface area contributed by atoms with E-state index < -0.39 is 0 Å². The van der Waals surface area contributed by atoms with Crippen LogP contribution >= 0.6 is 0 Å². The lowest BCUT2D eigenvalue weighted by Gasteiger charge is -2.34. The van der Waals surface area contributed by atoms with E-state index in [1.807, 2.05) is 13.0 Å². The zero-order valence-electron chi connectivity index (χ0n) is 13.7. The number of ether oxygens (including phenoxy) is 1. The summed E-state index contributed by atoms with van der Waals surface area (Å²) < 4.78 is 18.6. The van der Waals surface area contributed by atoms with Crippen molar-refractivity contribution in [2.24, 2.45) is 0 Å². The van der Waals surface area contributed by atoms with Crippen molar-refractivity contribution >= 4 is 0 Å². The first-order valence-electron chi connectivity index (χ1n) is 8.06. The van der Waals surface area contributed by atoms with Crippen molar-refractivity contribution < 1.29 is 9.13 Å². The SMILES string of the molecule is COCc1nc([C@@H]2CCCCN2Cc2cc(F)ccc2C)n[nH]1. The van der Waals surface area contributed by atoms with Crippen molar-refractivity contribution in [3.05, 3.63) is 46.8 Å². The molecule has 0 amide bonds. The molecule has 2 heterocycles. The van der Waals surface area contributed by atoms with Gasteiger partial charge in [-0.3, -0.25) is 10.00 Å². The monoisotopic (exact) mass is 318 g/mol. The van der Waals surface area contributed by atoms with Crippen molar-refractivity contribution in [3.8, 4) is 0 Å². The number of aryl methyl sites for hydroxylation is 1. The average molecular weight is 318 g/mol. The second kappa shape index (κ2) is 7.19. The predicted molar refractivity (Wildman–Crippen MR) is 85.2 cm³/mol. The number of nitrogens with one attached hydrogen (secondary N) is 1. The van der Waals surface area contributed by atoms with E-state index in [4.69, 9.17) is 4.74 Å². The first-order chi connectivity index (χ1) is 11.2. The molecule has 1 fully saturated rings. The van der Waals surface area contributed by atoms with Gasteiger partial charge in [-0.25, -0.2) is 9.37 Å². The van der Waals surface area contributed by atoms with Gasteiger partial charge in [0.2, 0.25) is 0 Å². The average Bonchev–Trinajstić information content (AvgIpc) is 3.00. The number of aromatic amines is 1. The highest BCUT2D eigenvalue weighted by atomic mass is 19.1. The van der Waals surface area contributed by atoms with Crippen LogP contribution in [0.2, 0.25) is 0 Å². The Balaban J connectivity index is 1.79. The van der Waals surface area contributed by atoms with Gasteiger partial charge in [0, 0.05) is 13.7 Å². The van der Waals surface area contributed by atoms with Crippen LogP contribution in [0, 0.1) is 12.7 Å². The first kappa shape index (κ1) is 16.1. The number of halogens is 1. The van der Waals surface area contributed by atoms with Crippen LogP contribution in [0.5, 0.6) is 0 Å². The number of hydrogen-bond acceptors (Lipinski definition) is 4. The number of likely N-dealkylation sites (tertiary alicyclic amines) is 1. The van der Waals surface area contributed by atoms with Gasteiger partial charge in [0.05, 0.1) is 6.04 Å². The summed E-state index contributed by atoms with van der Waals surface area (Å²) in [5.41, 5.74) is 2.15. The Morgan fingerprint density at radius 3 is 3.09 bits per heavy atom. The molecule has 5 nitrogen and oxygen atoms in total. The Bertz CT molecular complexity index is 658. The second-order valence-corrected chi connectivity index (χ2v) is 6.13. The summed E-state index contributed by atoms with van der Waals surface area (Å²) in [5.74, 6) is 1.38. The van der Waals surface area contributed by atoms with E-state index >= 15 is 0 Å². The Labute approximate surface area is 135 Å². The molecule has 1 aromatic carbocycles. The summed E-state index contributed by atoms with van der Waals surface area (Å²) in [6.45, 7) is 4.16. The fraction of sp³-hybridized carbons (Fsp3) is 0.529. The van der Waals surface area contributed by atoms with Gasteiger partial charge in [0.15, 0.2) is 11.6 Å². The van der Waals surface area contributed by atoms with Crippen LogP contribution in [0.4, 0.5) is 4.39 Å². The third-order valence-corrected chi connectivity index (χ3v) is 4.43. The van der Waals surface area contributed by atoms with Crippen LogP contribution in [0.25, 0.3) is 0 Å². The molecular formula is C17H23FN4O. The minimum atomic E-state index is -0.181. The van der Waals surface area contributed by atoms with Crippen LogP contribution in [0.3, 0.4) is 0 Å². The zero-order valence-corrected chi connectivity index (χ0v) is 13.7. The number of rotatable bonds is 5. The van der Waals surface area contributed by atoms with Gasteiger partial charge >= 0.3 is 0 Å². The normalized spacial score (nSPS) is 19.2. The van der Waals surface area contributed by atoms with Crippen LogP contribution in [0.15, 0.2) is 18.2 Å². The third-order valence-electron chi connectivity index (χ3n) is 4.43. The molecule has 1 aliphatic rings. The molecule has 23 heavy (non-hydrogen) atoms. The largest absolute Gasteiger partial charge is 0.377 e. The van der Waals surface area contributed by atoms with E-state index in [0.717, 1.165) is 55.1 Å². The topological polar surface area (TPSA) is 54.0 Å². The van der Waals surface area contributed by atoms with Gasteiger partial charge in [0.25, 0.3) is 0 Å². The van der Waals surface area contributed by atoms with Crippen molar-refractivity contribution in [1.82, 2.24) is 20.1 Å². The first-order valence-corrected chi connectivity index (χ1v) is 8.06. The summed E-state index contributed by atoms with van der Waals surface area (Å²) in [6.07, 6.45) is 3.34. The summed E-state index contributed by atoms with van der Waals surface area (Å²) in [4.78, 5) is 6.90. The molecule has 3 rings (SSSR count). The van der Waals surface area contributed by atoms with Crippen LogP contribution in [-0.4, -0.2) is 33.7 Å². The summed E-state index contributed by atoms with van der Waals surface area (Å²) in [5, 5.41) is 7.29. The zero-order chi connectivity index (χ0) is 16.2. The van der Waals surface area contributed by atoms with Gasteiger partial charge in [0.1, 0.15) is 12.4 Å². The van der Waals surface area contributed by atoms with Crippen molar-refractivity contribution in [2.45, 2.75) is 45.4 Å². The summed E-state index contributed by atoms with van der Waals surface area (Å²) in [6, 6.07) is 5.16. The minimum absolute atomic E-state index is 0.174. The van der Waals surface area contributed by atoms with E-state index in [9.17, 15) is 4.39 Å². The highest BCUT2D eigenvalue weighted by Crippen LogP contribution is 2.30. The quantitative estimate of drug-likeness (QED) is 0.920. The Morgan fingerprint density at radius 2 is 2.26 bits per heavy atom. The molecule has 0 spiro atoms. The standard InChI is InChI=1S/C17H23FN4O/c1-12-6-7-14(18)9-13(12)10-22-8-4-3-5-15(22)17-19-16(11-23-2)20-21-17/h6-7,9,15H,3-5,8,10-11H2,1-2H3,(H,19,20,21)/t15-/m0/s1. The van der Waals surface area contributed by atoms with E-state index in [2.05, 4.69) is 20.1 Å². The predicted octanol–water partition coefficient (Wildman–Crippen LogP) is 3.13. The molecular weight excluding hydrogens is 295 g/mol. The lowest BCUT2D eigenvalue weighted by atomic mass is 9.99. The molecule has 0 radical (unpaired) electrons. The maximum Gasteiger partial charge on any atom is 0.167 e. The molecule has 1 saturated heterocycles. The molecule has 1 atom stereocenters. The van der Waals surface area contributed by atoms with Crippen LogP contribution < -0.4 is 0 Å². The van der Waals surface area contributed by atoms with Gasteiger partial charge < -0.3 is 4.74 Å². The number of nitrogens with zero attached hydrogens (tertiary/aromatic N) is 3. The van der Waals surface area contributed by atoms with E-state index in [-0.39, 0.29) is 11.9 Å². The van der Waals surface area contributed by atoms with Gasteiger partial charge in [-0.2, -0.15) is 5.10 Å². The highest BCUT2D eigenvalue weighted by molar-refractivity contribution is 5.26. The van der Waals surface area contributed by atoms with E-state index in [1.165, 1.54) is 6.07 Å². The molecule has 1 aromatic heterocycles. The molecule has 124 valence electrons. The minimum Gasteiger partial charge on any atom is -0.377 e. The molecule has 1 aliphatic heterocycles. The Kier molecular flexibility index (Phi) is 5.03. The lowest BCUT2D eigenvalue weighted by molar-refractivity contribution is 0.133. The van der Waals surface area contributed by atoms with Gasteiger partial charge in [-0.05, 0) is 49.6 Å². The number of piperidine rings is 1. The number of H-pyrrole nitrogens is 1. The molecule has 6 heteroatoms. The summed E-state index contributed by atoms with van der Waals surface area (Å²) >= 11 is 0. The van der Waals surface area contributed by atoms with E-state index in [0.29, 0.717) is 6.61 Å². The van der Waals surface area contributed by atoms with Gasteiger partial charge in [-0.1, -0.05) is 12.5 Å². The maximum atomic E-state index is 13.5. The molecule has 1 N–H and O–H groups in total. The van der Waals surface area contributed by atoms with Crippen LogP contribution in [-0.2, 0) is 17.9 Å². The van der Waals surface area contributed by atoms with Crippen LogP contribution in [0.1, 0.15) is 48.1 Å². The third kappa shape index (κ3) is 3.76. The summed E-state index contributed by atoms with van der Waals surface area (Å²) in [7, 11) is 1.64. The number of hydrogen-bond donors (Lipinski definition) is 1. The lowest BCUT2D eigenvalue weighted by Crippen LogP contribution is -2.33. The molecule has 2 aromatic rings. The van der Waals surface area contributed by atoms with E-state index in [1.54, 1.807) is 13.2 Å². The van der Waals surface area contributed by atoms with Crippen molar-refractivity contribution in [1.29, 1.82) is 0 Å². The smallest absolute Gasteiger partial charge is 0.167 e. The fourth-order valence-corrected chi connectivity index (χ4v) is 3.16. The second-order valence-electron chi connectivity index (χ2n) is 6.13. The Hall–Kier alpha value is -1.79. The van der Waals surface area contributed by atoms with Crippen molar-refractivity contribution in [2.75, 3.05) is 13.7 Å². The number of benzene rings is 1. The highest BCUT2D eigenvalue weighted by Gasteiger charge is 2.27. The Morgan fingerprint density at radius 1 is 1.39 bits per heavy atom. The molecule has 0 saturated carbocycles. The number of methoxy groups -OCH3 is 1. The molecule has 0 unspecified atom stereocenters. The number of aromatic nitrogens is 3.